The van der Waals surface area contributed by atoms with Crippen LogP contribution in [0.3, 0.4) is 0 Å². The van der Waals surface area contributed by atoms with E-state index in [1.165, 1.54) is 13.0 Å². The normalized spacial score (nSPS) is 9.40. The molecule has 1 aromatic carbocycles. The highest BCUT2D eigenvalue weighted by molar-refractivity contribution is 14.1. The molecule has 1 rings (SSSR count). The van der Waals surface area contributed by atoms with Crippen LogP contribution in [0.15, 0.2) is 12.1 Å². The Balaban J connectivity index is 3.54. The number of benzene rings is 1. The lowest BCUT2D eigenvalue weighted by atomic mass is 10.1. The first kappa shape index (κ1) is 11.6. The predicted molar refractivity (Wildman–Crippen MR) is 60.5 cm³/mol. The van der Waals surface area contributed by atoms with Gasteiger partial charge in [-0.3, -0.25) is 14.9 Å². The Bertz CT molecular complexity index is 491. The summed E-state index contributed by atoms with van der Waals surface area (Å²) in [5.41, 5.74) is -0.0878. The molecule has 0 saturated carbocycles. The molecule has 0 aliphatic rings. The lowest BCUT2D eigenvalue weighted by Gasteiger charge is -2.01. The van der Waals surface area contributed by atoms with Crippen LogP contribution in [-0.4, -0.2) is 10.7 Å². The van der Waals surface area contributed by atoms with E-state index >= 15 is 0 Å². The van der Waals surface area contributed by atoms with Crippen LogP contribution in [0.4, 0.5) is 5.69 Å². The average molecular weight is 316 g/mol. The minimum Gasteiger partial charge on any atom is -0.294 e. The largest absolute Gasteiger partial charge is 0.294 e. The minimum atomic E-state index is -0.659. The van der Waals surface area contributed by atoms with Crippen molar-refractivity contribution in [2.45, 2.75) is 6.92 Å². The molecule has 76 valence electrons. The van der Waals surface area contributed by atoms with Gasteiger partial charge in [0.15, 0.2) is 5.78 Å². The third-order valence-corrected chi connectivity index (χ3v) is 2.67. The zero-order valence-electron chi connectivity index (χ0n) is 7.65. The number of rotatable bonds is 2. The molecule has 0 saturated heterocycles. The summed E-state index contributed by atoms with van der Waals surface area (Å²) < 4.78 is 0.533. The van der Waals surface area contributed by atoms with Crippen LogP contribution in [-0.2, 0) is 0 Å². The zero-order chi connectivity index (χ0) is 11.6. The number of hydrogen-bond donors (Lipinski definition) is 0. The molecular formula is C9H5IN2O3. The number of nitrogens with zero attached hydrogens (tertiary/aromatic N) is 2. The number of nitro groups is 1. The fraction of sp³-hybridized carbons (Fsp3) is 0.111. The first-order valence-corrected chi connectivity index (χ1v) is 4.94. The average Bonchev–Trinajstić information content (AvgIpc) is 2.16. The Morgan fingerprint density at radius 1 is 1.60 bits per heavy atom. The smallest absolute Gasteiger partial charge is 0.281 e. The summed E-state index contributed by atoms with van der Waals surface area (Å²) in [5, 5.41) is 19.3. The molecule has 0 atom stereocenters. The van der Waals surface area contributed by atoms with E-state index in [9.17, 15) is 14.9 Å². The summed E-state index contributed by atoms with van der Waals surface area (Å²) in [5.74, 6) is -0.385. The maximum Gasteiger partial charge on any atom is 0.281 e. The van der Waals surface area contributed by atoms with Crippen LogP contribution in [0, 0.1) is 25.0 Å². The standard InChI is InChI=1S/C9H5IN2O3/c1-5(13)7-3-8(10)6(4-11)2-9(7)12(14)15/h2-3H,1H3. The summed E-state index contributed by atoms with van der Waals surface area (Å²) in [6.07, 6.45) is 0. The van der Waals surface area contributed by atoms with E-state index < -0.39 is 4.92 Å². The Kier molecular flexibility index (Phi) is 3.36. The van der Waals surface area contributed by atoms with Crippen LogP contribution >= 0.6 is 22.6 Å². The van der Waals surface area contributed by atoms with Gasteiger partial charge in [0, 0.05) is 9.64 Å². The summed E-state index contributed by atoms with van der Waals surface area (Å²) in [4.78, 5) is 21.1. The lowest BCUT2D eigenvalue weighted by molar-refractivity contribution is -0.385. The molecule has 0 aliphatic heterocycles. The number of carbonyl (C=O) groups is 1. The maximum atomic E-state index is 11.1. The van der Waals surface area contributed by atoms with Crippen molar-refractivity contribution < 1.29 is 9.72 Å². The van der Waals surface area contributed by atoms with Gasteiger partial charge in [0.25, 0.3) is 5.69 Å². The van der Waals surface area contributed by atoms with Crippen LogP contribution in [0.5, 0.6) is 0 Å². The van der Waals surface area contributed by atoms with Crippen molar-refractivity contribution in [2.24, 2.45) is 0 Å². The topological polar surface area (TPSA) is 84.0 Å². The van der Waals surface area contributed by atoms with E-state index in [1.54, 1.807) is 0 Å². The van der Waals surface area contributed by atoms with Crippen molar-refractivity contribution >= 4 is 34.1 Å². The molecule has 0 aliphatic carbocycles. The number of hydrogen-bond acceptors (Lipinski definition) is 4. The molecule has 15 heavy (non-hydrogen) atoms. The summed E-state index contributed by atoms with van der Waals surface area (Å²) in [6, 6.07) is 4.32. The van der Waals surface area contributed by atoms with Crippen LogP contribution < -0.4 is 0 Å². The second-order valence-corrected chi connectivity index (χ2v) is 3.94. The van der Waals surface area contributed by atoms with Crippen molar-refractivity contribution in [1.82, 2.24) is 0 Å². The molecule has 0 heterocycles. The van der Waals surface area contributed by atoms with Crippen LogP contribution in [0.2, 0.25) is 0 Å². The van der Waals surface area contributed by atoms with Gasteiger partial charge in [-0.1, -0.05) is 0 Å². The maximum absolute atomic E-state index is 11.1. The highest BCUT2D eigenvalue weighted by Crippen LogP contribution is 2.24. The molecule has 0 bridgehead atoms. The molecule has 0 spiro atoms. The minimum absolute atomic E-state index is 0.0309. The first-order chi connectivity index (χ1) is 6.97. The van der Waals surface area contributed by atoms with Crippen molar-refractivity contribution in [2.75, 3.05) is 0 Å². The Morgan fingerprint density at radius 3 is 2.60 bits per heavy atom. The fourth-order valence-electron chi connectivity index (χ4n) is 1.08. The van der Waals surface area contributed by atoms with E-state index in [-0.39, 0.29) is 22.6 Å². The van der Waals surface area contributed by atoms with Crippen molar-refractivity contribution in [3.05, 3.63) is 36.9 Å². The van der Waals surface area contributed by atoms with Crippen LogP contribution in [0.1, 0.15) is 22.8 Å². The summed E-state index contributed by atoms with van der Waals surface area (Å²) in [6.45, 7) is 1.25. The van der Waals surface area contributed by atoms with E-state index in [4.69, 9.17) is 5.26 Å². The second kappa shape index (κ2) is 4.35. The second-order valence-electron chi connectivity index (χ2n) is 2.77. The van der Waals surface area contributed by atoms with E-state index in [1.807, 2.05) is 28.7 Å². The predicted octanol–water partition coefficient (Wildman–Crippen LogP) is 2.27. The number of nitro benzene ring substituents is 1. The number of nitriles is 1. The molecular weight excluding hydrogens is 311 g/mol. The van der Waals surface area contributed by atoms with Gasteiger partial charge in [0.2, 0.25) is 0 Å². The Labute approximate surface area is 99.0 Å². The molecule has 0 radical (unpaired) electrons. The van der Waals surface area contributed by atoms with Gasteiger partial charge in [-0.05, 0) is 35.6 Å². The molecule has 6 heteroatoms. The van der Waals surface area contributed by atoms with E-state index in [2.05, 4.69) is 0 Å². The van der Waals surface area contributed by atoms with Crippen LogP contribution in [0.25, 0.3) is 0 Å². The molecule has 1 aromatic rings. The van der Waals surface area contributed by atoms with Gasteiger partial charge in [-0.15, -0.1) is 0 Å². The number of Topliss-reactive ketones (excluding diaryl/α,β-unsaturated/α-hetero) is 1. The van der Waals surface area contributed by atoms with Crippen molar-refractivity contribution in [3.8, 4) is 6.07 Å². The monoisotopic (exact) mass is 316 g/mol. The van der Waals surface area contributed by atoms with Gasteiger partial charge in [0.05, 0.1) is 16.1 Å². The van der Waals surface area contributed by atoms with E-state index in [0.29, 0.717) is 3.57 Å². The molecule has 0 fully saturated rings. The first-order valence-electron chi connectivity index (χ1n) is 3.86. The van der Waals surface area contributed by atoms with Gasteiger partial charge < -0.3 is 0 Å². The highest BCUT2D eigenvalue weighted by atomic mass is 127. The van der Waals surface area contributed by atoms with Crippen molar-refractivity contribution in [3.63, 3.8) is 0 Å². The van der Waals surface area contributed by atoms with Gasteiger partial charge in [-0.2, -0.15) is 5.26 Å². The fourth-order valence-corrected chi connectivity index (χ4v) is 1.67. The number of ketones is 1. The Hall–Kier alpha value is -1.49. The third kappa shape index (κ3) is 2.30. The molecule has 5 nitrogen and oxygen atoms in total. The number of halogens is 1. The highest BCUT2D eigenvalue weighted by Gasteiger charge is 2.20. The molecule has 0 amide bonds. The molecule has 0 N–H and O–H groups in total. The van der Waals surface area contributed by atoms with Crippen molar-refractivity contribution in [1.29, 1.82) is 5.26 Å². The molecule has 0 aromatic heterocycles. The molecule has 0 unspecified atom stereocenters. The third-order valence-electron chi connectivity index (χ3n) is 1.78. The van der Waals surface area contributed by atoms with Gasteiger partial charge in [-0.25, -0.2) is 0 Å². The quantitative estimate of drug-likeness (QED) is 0.363. The lowest BCUT2D eigenvalue weighted by Crippen LogP contribution is -2.02. The summed E-state index contributed by atoms with van der Waals surface area (Å²) >= 11 is 1.86. The van der Waals surface area contributed by atoms with E-state index in [0.717, 1.165) is 6.07 Å². The van der Waals surface area contributed by atoms with Gasteiger partial charge in [0.1, 0.15) is 6.07 Å². The van der Waals surface area contributed by atoms with Gasteiger partial charge >= 0.3 is 0 Å². The Morgan fingerprint density at radius 2 is 2.20 bits per heavy atom. The SMILES string of the molecule is CC(=O)c1cc(I)c(C#N)cc1[N+](=O)[O-]. The zero-order valence-corrected chi connectivity index (χ0v) is 9.81. The summed E-state index contributed by atoms with van der Waals surface area (Å²) in [7, 11) is 0. The number of carbonyl (C=O) groups excluding carboxylic acids is 1.